The summed E-state index contributed by atoms with van der Waals surface area (Å²) in [6.07, 6.45) is 0.501. The number of hydrogen-bond acceptors (Lipinski definition) is 2. The predicted octanol–water partition coefficient (Wildman–Crippen LogP) is 0.368. The number of nitrogens with one attached hydrogen (secondary N) is 1. The van der Waals surface area contributed by atoms with Gasteiger partial charge in [-0.15, -0.1) is 0 Å². The zero-order valence-electron chi connectivity index (χ0n) is 6.15. The van der Waals surface area contributed by atoms with Gasteiger partial charge in [0.25, 0.3) is 0 Å². The van der Waals surface area contributed by atoms with Crippen molar-refractivity contribution < 1.29 is 4.79 Å². The summed E-state index contributed by atoms with van der Waals surface area (Å²) in [4.78, 5) is 24.0. The molecule has 0 unspecified atom stereocenters. The van der Waals surface area contributed by atoms with Crippen molar-refractivity contribution in [1.82, 2.24) is 9.55 Å². The Hall–Kier alpha value is -1.84. The number of rotatable bonds is 1. The number of nitrogens with zero attached hydrogens (tertiary/aromatic N) is 1. The molecular weight excluding hydrogens is 156 g/mol. The third-order valence-electron chi connectivity index (χ3n) is 1.73. The van der Waals surface area contributed by atoms with Crippen LogP contribution in [0.25, 0.3) is 11.0 Å². The van der Waals surface area contributed by atoms with E-state index >= 15 is 0 Å². The van der Waals surface area contributed by atoms with Crippen LogP contribution in [0.15, 0.2) is 29.1 Å². The van der Waals surface area contributed by atoms with E-state index in [-0.39, 0.29) is 0 Å². The van der Waals surface area contributed by atoms with Gasteiger partial charge in [0.15, 0.2) is 0 Å². The first-order chi connectivity index (χ1) is 5.83. The molecule has 0 fully saturated rings. The molecule has 4 nitrogen and oxygen atoms in total. The van der Waals surface area contributed by atoms with E-state index in [2.05, 4.69) is 4.98 Å². The lowest BCUT2D eigenvalue weighted by atomic mass is 10.3. The summed E-state index contributed by atoms with van der Waals surface area (Å²) in [5, 5.41) is 0. The van der Waals surface area contributed by atoms with Crippen molar-refractivity contribution >= 4 is 17.4 Å². The highest BCUT2D eigenvalue weighted by molar-refractivity contribution is 5.81. The van der Waals surface area contributed by atoms with E-state index in [9.17, 15) is 9.59 Å². The average Bonchev–Trinajstić information content (AvgIpc) is 2.40. The molecule has 0 radical (unpaired) electrons. The number of aromatic nitrogens is 2. The smallest absolute Gasteiger partial charge is 0.305 e. The largest absolute Gasteiger partial charge is 0.333 e. The van der Waals surface area contributed by atoms with Crippen LogP contribution in [0.4, 0.5) is 0 Å². The molecule has 60 valence electrons. The summed E-state index contributed by atoms with van der Waals surface area (Å²) in [7, 11) is 0. The fourth-order valence-electron chi connectivity index (χ4n) is 1.18. The highest BCUT2D eigenvalue weighted by Gasteiger charge is 2.02. The minimum Gasteiger partial charge on any atom is -0.305 e. The van der Waals surface area contributed by atoms with Crippen LogP contribution >= 0.6 is 0 Å². The van der Waals surface area contributed by atoms with Gasteiger partial charge in [-0.2, -0.15) is 0 Å². The van der Waals surface area contributed by atoms with Gasteiger partial charge in [-0.05, 0) is 12.1 Å². The van der Waals surface area contributed by atoms with Crippen LogP contribution < -0.4 is 5.69 Å². The van der Waals surface area contributed by atoms with Gasteiger partial charge in [-0.1, -0.05) is 12.1 Å². The number of carbonyl (C=O) groups excluding carboxylic acids is 1. The van der Waals surface area contributed by atoms with Gasteiger partial charge < -0.3 is 4.98 Å². The van der Waals surface area contributed by atoms with Gasteiger partial charge in [-0.3, -0.25) is 4.79 Å². The number of fused-ring (bicyclic) bond motifs is 1. The molecule has 0 saturated carbocycles. The van der Waals surface area contributed by atoms with E-state index in [1.54, 1.807) is 24.3 Å². The fourth-order valence-corrected chi connectivity index (χ4v) is 1.18. The summed E-state index contributed by atoms with van der Waals surface area (Å²) in [6, 6.07) is 7.03. The van der Waals surface area contributed by atoms with Gasteiger partial charge in [0.1, 0.15) is 0 Å². The molecule has 0 spiro atoms. The van der Waals surface area contributed by atoms with Crippen LogP contribution in [0.2, 0.25) is 0 Å². The molecule has 1 aromatic heterocycles. The maximum absolute atomic E-state index is 11.0. The van der Waals surface area contributed by atoms with Gasteiger partial charge in [0, 0.05) is 0 Å². The zero-order valence-corrected chi connectivity index (χ0v) is 6.15. The Morgan fingerprint density at radius 3 is 2.83 bits per heavy atom. The number of hydrogen-bond donors (Lipinski definition) is 1. The lowest BCUT2D eigenvalue weighted by Crippen LogP contribution is -2.15. The Kier molecular flexibility index (Phi) is 1.33. The van der Waals surface area contributed by atoms with Gasteiger partial charge in [0.05, 0.1) is 11.0 Å². The molecule has 2 rings (SSSR count). The van der Waals surface area contributed by atoms with Crippen molar-refractivity contribution in [2.45, 2.75) is 0 Å². The average molecular weight is 162 g/mol. The van der Waals surface area contributed by atoms with Crippen LogP contribution in [0.1, 0.15) is 0 Å². The lowest BCUT2D eigenvalue weighted by molar-refractivity contribution is 0.547. The monoisotopic (exact) mass is 162 g/mol. The number of para-hydroxylation sites is 2. The Morgan fingerprint density at radius 1 is 1.33 bits per heavy atom. The van der Waals surface area contributed by atoms with Crippen molar-refractivity contribution in [2.24, 2.45) is 0 Å². The molecule has 1 heterocycles. The highest BCUT2D eigenvalue weighted by atomic mass is 16.2. The van der Waals surface area contributed by atoms with E-state index in [1.165, 1.54) is 0 Å². The summed E-state index contributed by atoms with van der Waals surface area (Å²) >= 11 is 0. The van der Waals surface area contributed by atoms with Crippen molar-refractivity contribution in [3.8, 4) is 0 Å². The number of H-pyrrole nitrogens is 1. The van der Waals surface area contributed by atoms with Crippen molar-refractivity contribution in [1.29, 1.82) is 0 Å². The van der Waals surface area contributed by atoms with Crippen LogP contribution in [-0.2, 0) is 4.79 Å². The molecule has 0 aliphatic heterocycles. The predicted molar refractivity (Wildman–Crippen MR) is 44.7 cm³/mol. The Bertz CT molecular complexity index is 481. The molecule has 0 amide bonds. The molecule has 1 N–H and O–H groups in total. The molecule has 0 bridgehead atoms. The molecule has 4 heteroatoms. The third kappa shape index (κ3) is 0.780. The zero-order chi connectivity index (χ0) is 8.55. The molecule has 2 aromatic rings. The van der Waals surface area contributed by atoms with Crippen molar-refractivity contribution in [3.05, 3.63) is 34.7 Å². The molecule has 12 heavy (non-hydrogen) atoms. The maximum Gasteiger partial charge on any atom is 0.333 e. The van der Waals surface area contributed by atoms with Crippen LogP contribution in [0, 0.1) is 0 Å². The lowest BCUT2D eigenvalue weighted by Gasteiger charge is -1.88. The minimum absolute atomic E-state index is 0.397. The number of imidazole rings is 1. The molecular formula is C8H6N2O2. The maximum atomic E-state index is 11.0. The Morgan fingerprint density at radius 2 is 2.08 bits per heavy atom. The van der Waals surface area contributed by atoms with E-state index in [0.717, 1.165) is 4.57 Å². The second kappa shape index (κ2) is 2.34. The van der Waals surface area contributed by atoms with Crippen molar-refractivity contribution in [3.63, 3.8) is 0 Å². The first-order valence-corrected chi connectivity index (χ1v) is 3.47. The molecule has 1 aromatic carbocycles. The molecule has 0 aliphatic carbocycles. The second-order valence-corrected chi connectivity index (χ2v) is 2.42. The number of carbonyl (C=O) groups is 1. The summed E-state index contributed by atoms with van der Waals surface area (Å²) in [5.41, 5.74) is 0.887. The quantitative estimate of drug-likeness (QED) is 0.616. The van der Waals surface area contributed by atoms with E-state index in [0.29, 0.717) is 17.4 Å². The van der Waals surface area contributed by atoms with Gasteiger partial charge in [0.2, 0.25) is 6.41 Å². The van der Waals surface area contributed by atoms with E-state index in [4.69, 9.17) is 0 Å². The number of benzene rings is 1. The minimum atomic E-state index is -0.397. The Labute approximate surface area is 67.4 Å². The highest BCUT2D eigenvalue weighted by Crippen LogP contribution is 2.06. The van der Waals surface area contributed by atoms with Crippen LogP contribution in [0.5, 0.6) is 0 Å². The van der Waals surface area contributed by atoms with E-state index < -0.39 is 5.69 Å². The van der Waals surface area contributed by atoms with Crippen LogP contribution in [-0.4, -0.2) is 16.0 Å². The van der Waals surface area contributed by atoms with Crippen LogP contribution in [0.3, 0.4) is 0 Å². The van der Waals surface area contributed by atoms with E-state index in [1.807, 2.05) is 0 Å². The van der Waals surface area contributed by atoms with Crippen molar-refractivity contribution in [2.75, 3.05) is 0 Å². The molecule has 0 aliphatic rings. The first kappa shape index (κ1) is 6.84. The van der Waals surface area contributed by atoms with Gasteiger partial charge >= 0.3 is 5.69 Å². The standard InChI is InChI=1S/C8H6N2O2/c11-5-10-7-4-2-1-3-6(7)9-8(10)12/h1-5H,(H,9,12). The summed E-state index contributed by atoms with van der Waals surface area (Å²) in [5.74, 6) is 0. The third-order valence-corrected chi connectivity index (χ3v) is 1.73. The summed E-state index contributed by atoms with van der Waals surface area (Å²) in [6.45, 7) is 0. The van der Waals surface area contributed by atoms with Gasteiger partial charge in [-0.25, -0.2) is 9.36 Å². The number of aromatic amines is 1. The molecule has 0 atom stereocenters. The fraction of sp³-hybridized carbons (Fsp3) is 0. The first-order valence-electron chi connectivity index (χ1n) is 3.47. The summed E-state index contributed by atoms with van der Waals surface area (Å²) < 4.78 is 1.04. The SMILES string of the molecule is O=Cn1c(=O)[nH]c2ccccc21. The second-order valence-electron chi connectivity index (χ2n) is 2.42. The molecule has 0 saturated heterocycles. The Balaban J connectivity index is 3.00. The normalized spacial score (nSPS) is 10.3. The topological polar surface area (TPSA) is 54.9 Å².